The average Bonchev–Trinajstić information content (AvgIpc) is 2.76. The summed E-state index contributed by atoms with van der Waals surface area (Å²) >= 11 is 16.9. The maximum atomic E-state index is 14.0. The molecule has 0 saturated heterocycles. The summed E-state index contributed by atoms with van der Waals surface area (Å²) in [6, 6.07) is 4.91. The van der Waals surface area contributed by atoms with Crippen LogP contribution in [0.4, 0.5) is 22.0 Å². The van der Waals surface area contributed by atoms with Crippen molar-refractivity contribution in [3.05, 3.63) is 58.9 Å². The minimum Gasteiger partial charge on any atom is -0.438 e. The fourth-order valence-electron chi connectivity index (χ4n) is 2.23. The topological polar surface area (TPSA) is 61.8 Å². The molecule has 2 unspecified atom stereocenters. The van der Waals surface area contributed by atoms with Gasteiger partial charge < -0.3 is 13.8 Å². The molecule has 0 radical (unpaired) electrons. The number of ether oxygens (including phenoxy) is 1. The van der Waals surface area contributed by atoms with Gasteiger partial charge in [0.05, 0.1) is 0 Å². The smallest absolute Gasteiger partial charge is 0.438 e. The Hall–Kier alpha value is -1.74. The first kappa shape index (κ1) is 22.0. The van der Waals surface area contributed by atoms with E-state index >= 15 is 0 Å². The SMILES string of the molecule is O=C1OC(C(Cl)(Cl)Cl)P(=O)(Oc2c(F)c(F)c(F)c(F)c2F)Oc2ccccc21. The van der Waals surface area contributed by atoms with Crippen molar-refractivity contribution in [2.75, 3.05) is 0 Å². The number of benzene rings is 2. The van der Waals surface area contributed by atoms with E-state index in [0.717, 1.165) is 12.1 Å². The van der Waals surface area contributed by atoms with Crippen LogP contribution in [0.3, 0.4) is 0 Å². The number of esters is 1. The molecule has 1 heterocycles. The molecule has 0 saturated carbocycles. The first-order valence-electron chi connectivity index (χ1n) is 7.24. The molecule has 156 valence electrons. The number of hydrogen-bond donors (Lipinski definition) is 0. The van der Waals surface area contributed by atoms with E-state index < -0.39 is 63.8 Å². The van der Waals surface area contributed by atoms with Crippen LogP contribution < -0.4 is 9.05 Å². The number of rotatable bonds is 2. The molecule has 0 fully saturated rings. The van der Waals surface area contributed by atoms with Crippen LogP contribution in [0.2, 0.25) is 0 Å². The monoisotopic (exact) mass is 496 g/mol. The summed E-state index contributed by atoms with van der Waals surface area (Å²) < 4.78 is 93.1. The molecule has 2 aromatic rings. The Morgan fingerprint density at radius 1 is 0.931 bits per heavy atom. The summed E-state index contributed by atoms with van der Waals surface area (Å²) in [6.45, 7) is 0. The third-order valence-electron chi connectivity index (χ3n) is 3.51. The molecule has 1 aliphatic rings. The molecule has 0 N–H and O–H groups in total. The molecule has 0 bridgehead atoms. The van der Waals surface area contributed by atoms with E-state index in [1.165, 1.54) is 12.1 Å². The van der Waals surface area contributed by atoms with E-state index in [4.69, 9.17) is 44.1 Å². The van der Waals surface area contributed by atoms with Crippen LogP contribution in [0.5, 0.6) is 11.5 Å². The van der Waals surface area contributed by atoms with Crippen molar-refractivity contribution in [2.24, 2.45) is 0 Å². The average molecular weight is 498 g/mol. The molecule has 0 aromatic heterocycles. The van der Waals surface area contributed by atoms with Crippen molar-refractivity contribution in [3.8, 4) is 11.5 Å². The molecule has 0 aliphatic carbocycles. The lowest BCUT2D eigenvalue weighted by Gasteiger charge is -2.28. The zero-order valence-electron chi connectivity index (χ0n) is 13.4. The van der Waals surface area contributed by atoms with E-state index in [9.17, 15) is 31.3 Å². The van der Waals surface area contributed by atoms with Crippen molar-refractivity contribution in [1.29, 1.82) is 0 Å². The summed E-state index contributed by atoms with van der Waals surface area (Å²) in [5.41, 5.74) is -0.328. The molecule has 0 spiro atoms. The molecule has 0 amide bonds. The summed E-state index contributed by atoms with van der Waals surface area (Å²) in [6.07, 6.45) is 0. The predicted molar refractivity (Wildman–Crippen MR) is 91.0 cm³/mol. The van der Waals surface area contributed by atoms with E-state index in [0.29, 0.717) is 0 Å². The van der Waals surface area contributed by atoms with Crippen molar-refractivity contribution in [3.63, 3.8) is 0 Å². The Bertz CT molecular complexity index is 1030. The lowest BCUT2D eigenvalue weighted by Crippen LogP contribution is -2.33. The van der Waals surface area contributed by atoms with Gasteiger partial charge >= 0.3 is 13.6 Å². The quantitative estimate of drug-likeness (QED) is 0.129. The van der Waals surface area contributed by atoms with E-state index in [1.807, 2.05) is 0 Å². The standard InChI is InChI=1S/C15H5Cl3F5O5P/c16-15(17,18)14-26-13(24)5-3-1-2-4-6(5)27-29(14,25)28-12-10(22)8(20)7(19)9(21)11(12)23/h1-4,14H. The Kier molecular flexibility index (Phi) is 5.68. The van der Waals surface area contributed by atoms with E-state index in [2.05, 4.69) is 4.52 Å². The largest absolute Gasteiger partial charge is 0.476 e. The number of alkyl halides is 3. The number of halogens is 8. The van der Waals surface area contributed by atoms with Crippen LogP contribution in [-0.2, 0) is 9.30 Å². The van der Waals surface area contributed by atoms with Gasteiger partial charge in [-0.3, -0.25) is 0 Å². The highest BCUT2D eigenvalue weighted by atomic mass is 35.6. The van der Waals surface area contributed by atoms with E-state index in [1.54, 1.807) is 0 Å². The van der Waals surface area contributed by atoms with Crippen molar-refractivity contribution < 1.29 is 45.1 Å². The number of para-hydroxylation sites is 1. The molecule has 2 aromatic carbocycles. The first-order chi connectivity index (χ1) is 13.4. The molecule has 1 aliphatic heterocycles. The van der Waals surface area contributed by atoms with Crippen molar-refractivity contribution in [1.82, 2.24) is 0 Å². The molecule has 29 heavy (non-hydrogen) atoms. The number of carbonyl (C=O) groups excluding carboxylic acids is 1. The minimum absolute atomic E-state index is 0.328. The van der Waals surface area contributed by atoms with Gasteiger partial charge in [-0.2, -0.15) is 8.78 Å². The van der Waals surface area contributed by atoms with Crippen LogP contribution in [0.25, 0.3) is 0 Å². The minimum atomic E-state index is -5.26. The number of fused-ring (bicyclic) bond motifs is 1. The van der Waals surface area contributed by atoms with Crippen LogP contribution in [0.1, 0.15) is 10.4 Å². The zero-order valence-corrected chi connectivity index (χ0v) is 16.6. The van der Waals surface area contributed by atoms with Crippen LogP contribution in [-0.4, -0.2) is 15.6 Å². The zero-order chi connectivity index (χ0) is 21.7. The summed E-state index contributed by atoms with van der Waals surface area (Å²) in [5.74, 6) is -18.3. The fraction of sp³-hybridized carbons (Fsp3) is 0.133. The van der Waals surface area contributed by atoms with Gasteiger partial charge in [0.2, 0.25) is 38.6 Å². The second-order valence-electron chi connectivity index (χ2n) is 5.42. The molecule has 3 rings (SSSR count). The van der Waals surface area contributed by atoms with Gasteiger partial charge in [0.1, 0.15) is 11.3 Å². The molecule has 5 nitrogen and oxygen atoms in total. The number of carbonyl (C=O) groups is 1. The normalized spacial score (nSPS) is 21.7. The predicted octanol–water partition coefficient (Wildman–Crippen LogP) is 5.90. The van der Waals surface area contributed by atoms with Crippen LogP contribution in [0, 0.1) is 29.1 Å². The van der Waals surface area contributed by atoms with Gasteiger partial charge in [0.25, 0.3) is 5.85 Å². The second kappa shape index (κ2) is 7.50. The molecule has 2 atom stereocenters. The summed E-state index contributed by atoms with van der Waals surface area (Å²) in [7, 11) is -5.26. The van der Waals surface area contributed by atoms with E-state index in [-0.39, 0.29) is 5.56 Å². The lowest BCUT2D eigenvalue weighted by atomic mass is 10.2. The third-order valence-corrected chi connectivity index (χ3v) is 6.51. The van der Waals surface area contributed by atoms with Gasteiger partial charge in [-0.15, -0.1) is 0 Å². The molecule has 14 heteroatoms. The Labute approximate surface area is 173 Å². The van der Waals surface area contributed by atoms with Crippen LogP contribution >= 0.6 is 42.4 Å². The van der Waals surface area contributed by atoms with Gasteiger partial charge in [0.15, 0.2) is 0 Å². The molecular weight excluding hydrogens is 492 g/mol. The number of cyclic esters (lactones) is 1. The maximum Gasteiger partial charge on any atom is 0.476 e. The highest BCUT2D eigenvalue weighted by molar-refractivity contribution is 7.56. The molecular formula is C15H5Cl3F5O5P. The Balaban J connectivity index is 2.20. The van der Waals surface area contributed by atoms with Crippen molar-refractivity contribution in [2.45, 2.75) is 9.64 Å². The van der Waals surface area contributed by atoms with Gasteiger partial charge in [0, 0.05) is 0 Å². The third kappa shape index (κ3) is 3.86. The van der Waals surface area contributed by atoms with Crippen molar-refractivity contribution >= 4 is 48.4 Å². The maximum absolute atomic E-state index is 14.0. The van der Waals surface area contributed by atoms with Gasteiger partial charge in [-0.25, -0.2) is 22.5 Å². The highest BCUT2D eigenvalue weighted by Crippen LogP contribution is 2.62. The lowest BCUT2D eigenvalue weighted by molar-refractivity contribution is 0.0430. The van der Waals surface area contributed by atoms with Crippen LogP contribution in [0.15, 0.2) is 24.3 Å². The van der Waals surface area contributed by atoms with Gasteiger partial charge in [-0.1, -0.05) is 46.9 Å². The first-order valence-corrected chi connectivity index (χ1v) is 9.98. The Morgan fingerprint density at radius 3 is 2.00 bits per heavy atom. The second-order valence-corrected chi connectivity index (χ2v) is 9.70. The Morgan fingerprint density at radius 2 is 1.45 bits per heavy atom. The summed E-state index contributed by atoms with van der Waals surface area (Å²) in [5, 5.41) is 0. The fourth-order valence-corrected chi connectivity index (χ4v) is 5.10. The highest BCUT2D eigenvalue weighted by Gasteiger charge is 2.57. The number of hydrogen-bond acceptors (Lipinski definition) is 5. The summed E-state index contributed by atoms with van der Waals surface area (Å²) in [4.78, 5) is 12.2. The van der Waals surface area contributed by atoms with Gasteiger partial charge in [-0.05, 0) is 12.1 Å².